The van der Waals surface area contributed by atoms with E-state index in [-0.39, 0.29) is 112 Å². The van der Waals surface area contributed by atoms with Crippen LogP contribution >= 0.6 is 15.9 Å². The first-order valence-corrected chi connectivity index (χ1v) is 29.9. The van der Waals surface area contributed by atoms with Crippen molar-refractivity contribution in [2.24, 2.45) is 0 Å². The molecule has 0 spiro atoms. The van der Waals surface area contributed by atoms with E-state index in [1.54, 1.807) is 50.2 Å². The molecule has 0 aliphatic rings. The van der Waals surface area contributed by atoms with Crippen LogP contribution in [-0.2, 0) is 51.0 Å². The Morgan fingerprint density at radius 1 is 0.489 bits per heavy atom. The second kappa shape index (κ2) is 26.6. The second-order valence-electron chi connectivity index (χ2n) is 26.3. The minimum Gasteiger partial charge on any atom is -0.489 e. The largest absolute Gasteiger partial charge is 0.489 e. The Kier molecular flexibility index (Phi) is 19.7. The van der Waals surface area contributed by atoms with Crippen LogP contribution in [0.25, 0.3) is 22.1 Å². The van der Waals surface area contributed by atoms with Crippen molar-refractivity contribution in [3.8, 4) is 23.0 Å². The van der Waals surface area contributed by atoms with E-state index in [1.807, 2.05) is 12.1 Å². The van der Waals surface area contributed by atoms with Crippen LogP contribution in [0.2, 0.25) is 0 Å². The van der Waals surface area contributed by atoms with Gasteiger partial charge in [0.1, 0.15) is 29.9 Å². The molecule has 0 saturated carbocycles. The van der Waals surface area contributed by atoms with Gasteiger partial charge in [-0.3, -0.25) is 35.0 Å². The van der Waals surface area contributed by atoms with Crippen LogP contribution in [0, 0.1) is 0 Å². The fraction of sp³-hybridized carbons (Fsp3) is 0.388. The van der Waals surface area contributed by atoms with Crippen LogP contribution in [0.1, 0.15) is 149 Å². The van der Waals surface area contributed by atoms with Gasteiger partial charge in [0.15, 0.2) is 22.8 Å². The number of fused-ring (bicyclic) bond motifs is 2. The van der Waals surface area contributed by atoms with Gasteiger partial charge in [-0.15, -0.1) is 0 Å². The van der Waals surface area contributed by atoms with Crippen LogP contribution in [-0.4, -0.2) is 65.5 Å². The number of hydrogen-bond acceptors (Lipinski definition) is 14. The zero-order valence-corrected chi connectivity index (χ0v) is 54.1. The van der Waals surface area contributed by atoms with Crippen molar-refractivity contribution >= 4 is 79.3 Å². The van der Waals surface area contributed by atoms with Crippen molar-refractivity contribution in [1.82, 2.24) is 29.9 Å². The minimum atomic E-state index is -0.823. The third-order valence-corrected chi connectivity index (χ3v) is 14.4. The van der Waals surface area contributed by atoms with E-state index in [0.717, 1.165) is 33.4 Å². The number of hydrogen-bond donors (Lipinski definition) is 6. The lowest BCUT2D eigenvalue weighted by Gasteiger charge is -2.27. The summed E-state index contributed by atoms with van der Waals surface area (Å²) in [6.45, 7) is 30.4. The number of rotatable bonds is 20. The first-order chi connectivity index (χ1) is 41.2. The monoisotopic (exact) mass is 1260 g/mol. The van der Waals surface area contributed by atoms with Gasteiger partial charge in [-0.2, -0.15) is 9.97 Å². The van der Waals surface area contributed by atoms with E-state index < -0.39 is 27.5 Å². The number of pyridine rings is 2. The zero-order chi connectivity index (χ0) is 63.9. The number of alkyl halides is 1. The summed E-state index contributed by atoms with van der Waals surface area (Å²) in [6, 6.07) is 26.1. The second-order valence-corrected chi connectivity index (χ2v) is 28.3. The third kappa shape index (κ3) is 17.7. The van der Waals surface area contributed by atoms with Crippen molar-refractivity contribution < 1.29 is 38.1 Å². The molecule has 4 amide bonds. The molecule has 21 heteroatoms. The van der Waals surface area contributed by atoms with Gasteiger partial charge in [-0.25, -0.2) is 19.6 Å². The molecular weight excluding hydrogens is 1180 g/mol. The topological polar surface area (TPSA) is 263 Å². The van der Waals surface area contributed by atoms with E-state index >= 15 is 0 Å². The Balaban J connectivity index is 1.17. The van der Waals surface area contributed by atoms with Crippen LogP contribution < -0.4 is 51.3 Å². The lowest BCUT2D eigenvalue weighted by molar-refractivity contribution is -0.145. The van der Waals surface area contributed by atoms with Gasteiger partial charge in [-0.05, 0) is 130 Å². The maximum absolute atomic E-state index is 13.7. The number of nitrogens with one attached hydrogen (secondary N) is 6. The van der Waals surface area contributed by atoms with Crippen LogP contribution in [0.5, 0.6) is 23.0 Å². The van der Waals surface area contributed by atoms with Crippen molar-refractivity contribution in [1.29, 1.82) is 0 Å². The Bertz CT molecular complexity index is 3710. The molecular formula is C67H79BrN10O10. The normalized spacial score (nSPS) is 12.1. The fourth-order valence-electron chi connectivity index (χ4n) is 8.99. The summed E-state index contributed by atoms with van der Waals surface area (Å²) >= 11 is 3.38. The van der Waals surface area contributed by atoms with Gasteiger partial charge in [0.2, 0.25) is 17.6 Å². The lowest BCUT2D eigenvalue weighted by atomic mass is 9.79. The summed E-state index contributed by atoms with van der Waals surface area (Å²) < 4.78 is 31.8. The zero-order valence-electron chi connectivity index (χ0n) is 52.5. The molecule has 0 saturated heterocycles. The van der Waals surface area contributed by atoms with Gasteiger partial charge < -0.3 is 34.3 Å². The van der Waals surface area contributed by atoms with E-state index in [2.05, 4.69) is 187 Å². The standard InChI is InChI=1S/C67H79BrN10O10/c1-63(2,3)42-25-39(26-43(31-42)64(4,5)6)37-87-51-29-41(30-52(53(51)84-23-15-16-24-85-58(81)67(13,14)68)88-38-40-27-44(65(7,8)9)32-45(28-40)66(10,11)12)36-86-48-34-46(71-61(82)77-59-73-54-49(56(79)75-59)19-17-21-69-54)33-47(35-48)72-62(83)78-60-74-55-50(57(80)76-60)20-18-22-70-55/h17-22,25-35H,15-16,23-24,36-38H2,1-14H3,(H3,69,71,73,75,77,79,82)(H3,70,72,74,76,78,80,83). The average molecular weight is 1260 g/mol. The van der Waals surface area contributed by atoms with Crippen LogP contribution in [0.3, 0.4) is 0 Å². The van der Waals surface area contributed by atoms with Crippen molar-refractivity contribution in [2.45, 2.75) is 156 Å². The molecule has 4 aromatic heterocycles. The van der Waals surface area contributed by atoms with Gasteiger partial charge in [0.05, 0.1) is 24.0 Å². The number of aromatic nitrogens is 6. The summed E-state index contributed by atoms with van der Waals surface area (Å²) in [5.41, 5.74) is 6.03. The molecule has 88 heavy (non-hydrogen) atoms. The van der Waals surface area contributed by atoms with E-state index in [9.17, 15) is 24.0 Å². The molecule has 4 heterocycles. The van der Waals surface area contributed by atoms with E-state index in [4.69, 9.17) is 23.7 Å². The molecule has 0 bridgehead atoms. The summed E-state index contributed by atoms with van der Waals surface area (Å²) in [6.07, 6.45) is 4.02. The first-order valence-electron chi connectivity index (χ1n) is 29.1. The highest BCUT2D eigenvalue weighted by Gasteiger charge is 2.27. The summed E-state index contributed by atoms with van der Waals surface area (Å²) in [7, 11) is 0. The predicted octanol–water partition coefficient (Wildman–Crippen LogP) is 14.0. The molecule has 20 nitrogen and oxygen atoms in total. The number of carbonyl (C=O) groups excluding carboxylic acids is 3. The summed E-state index contributed by atoms with van der Waals surface area (Å²) in [5, 5.41) is 11.0. The number of halogens is 1. The third-order valence-electron chi connectivity index (χ3n) is 14.1. The summed E-state index contributed by atoms with van der Waals surface area (Å²) in [4.78, 5) is 87.6. The number of esters is 1. The highest BCUT2D eigenvalue weighted by atomic mass is 79.9. The Morgan fingerprint density at radius 3 is 1.30 bits per heavy atom. The molecule has 0 aliphatic carbocycles. The SMILES string of the molecule is CC(C)(Br)C(=O)OCCCCOc1c(OCc2cc(C(C)(C)C)cc(C(C)(C)C)c2)cc(COc2cc(NC(=O)Nc3nc4ncccc4c(=O)[nH]3)cc(NC(=O)Nc3nc4ncccc4c(=O)[nH]3)c2)cc1OCc1cc(C(C)(C)C)cc(C(C)(C)C)c1. The molecule has 0 atom stereocenters. The highest BCUT2D eigenvalue weighted by molar-refractivity contribution is 9.10. The molecule has 464 valence electrons. The minimum absolute atomic E-state index is 0.102. The number of carbonyl (C=O) groups is 3. The molecule has 0 radical (unpaired) electrons. The van der Waals surface area contributed by atoms with Crippen molar-refractivity contribution in [3.63, 3.8) is 0 Å². The smallest absolute Gasteiger partial charge is 0.326 e. The first kappa shape index (κ1) is 65.1. The number of unbranched alkanes of at least 4 members (excludes halogenated alkanes) is 1. The van der Waals surface area contributed by atoms with Crippen LogP contribution in [0.15, 0.2) is 113 Å². The van der Waals surface area contributed by atoms with Gasteiger partial charge >= 0.3 is 18.0 Å². The Labute approximate surface area is 520 Å². The molecule has 4 aromatic carbocycles. The quantitative estimate of drug-likeness (QED) is 0.0236. The molecule has 0 unspecified atom stereocenters. The van der Waals surface area contributed by atoms with Gasteiger partial charge in [0, 0.05) is 35.9 Å². The lowest BCUT2D eigenvalue weighted by Crippen LogP contribution is -2.26. The maximum Gasteiger partial charge on any atom is 0.326 e. The van der Waals surface area contributed by atoms with Gasteiger partial charge in [0.25, 0.3) is 11.1 Å². The number of anilines is 4. The Hall–Kier alpha value is -8.85. The number of amides is 4. The number of aromatic amines is 2. The van der Waals surface area contributed by atoms with E-state index in [0.29, 0.717) is 35.7 Å². The van der Waals surface area contributed by atoms with Gasteiger partial charge in [-0.1, -0.05) is 135 Å². The number of urea groups is 2. The molecule has 0 aliphatic heterocycles. The van der Waals surface area contributed by atoms with Crippen LogP contribution in [0.4, 0.5) is 32.9 Å². The summed E-state index contributed by atoms with van der Waals surface area (Å²) in [5.74, 6) is 0.600. The maximum atomic E-state index is 13.7. The average Bonchev–Trinajstić information content (AvgIpc) is 1.51. The van der Waals surface area contributed by atoms with E-state index in [1.165, 1.54) is 18.5 Å². The Morgan fingerprint density at radius 2 is 0.886 bits per heavy atom. The highest BCUT2D eigenvalue weighted by Crippen LogP contribution is 2.42. The molecule has 0 fully saturated rings. The molecule has 6 N–H and O–H groups in total. The fourth-order valence-corrected chi connectivity index (χ4v) is 9.10. The molecule has 8 aromatic rings. The number of ether oxygens (including phenoxy) is 5. The van der Waals surface area contributed by atoms with Crippen molar-refractivity contribution in [2.75, 3.05) is 34.5 Å². The van der Waals surface area contributed by atoms with Crippen molar-refractivity contribution in [3.05, 3.63) is 163 Å². The predicted molar refractivity (Wildman–Crippen MR) is 348 cm³/mol. The number of nitrogens with zero attached hydrogens (tertiary/aromatic N) is 4. The molecule has 8 rings (SSSR count). The number of H-pyrrole nitrogens is 2. The number of benzene rings is 4.